The summed E-state index contributed by atoms with van der Waals surface area (Å²) < 4.78 is 0. The molecular formula is C20H27N3O3. The van der Waals surface area contributed by atoms with Crippen molar-refractivity contribution in [1.82, 2.24) is 5.32 Å². The van der Waals surface area contributed by atoms with E-state index in [2.05, 4.69) is 10.6 Å². The molecule has 0 spiro atoms. The van der Waals surface area contributed by atoms with E-state index in [1.807, 2.05) is 6.07 Å². The van der Waals surface area contributed by atoms with Gasteiger partial charge in [-0.15, -0.1) is 0 Å². The molecule has 1 saturated heterocycles. The summed E-state index contributed by atoms with van der Waals surface area (Å²) in [6, 6.07) is 7.42. The molecule has 0 bridgehead atoms. The lowest BCUT2D eigenvalue weighted by atomic mass is 10.0. The van der Waals surface area contributed by atoms with Crippen LogP contribution < -0.4 is 15.5 Å². The zero-order chi connectivity index (χ0) is 18.5. The molecule has 6 heteroatoms. The van der Waals surface area contributed by atoms with Crippen LogP contribution in [0.25, 0.3) is 0 Å². The maximum atomic E-state index is 12.6. The number of nitrogens with one attached hydrogen (secondary N) is 2. The van der Waals surface area contributed by atoms with Crippen molar-refractivity contribution in [1.29, 1.82) is 0 Å². The molecule has 2 aliphatic rings. The second-order valence-corrected chi connectivity index (χ2v) is 7.33. The number of amides is 3. The highest BCUT2D eigenvalue weighted by Gasteiger charge is 2.35. The first-order valence-corrected chi connectivity index (χ1v) is 9.51. The van der Waals surface area contributed by atoms with Crippen molar-refractivity contribution in [3.63, 3.8) is 0 Å². The topological polar surface area (TPSA) is 78.5 Å². The van der Waals surface area contributed by atoms with Gasteiger partial charge in [-0.2, -0.15) is 0 Å². The fraction of sp³-hybridized carbons (Fsp3) is 0.550. The van der Waals surface area contributed by atoms with E-state index in [4.69, 9.17) is 0 Å². The van der Waals surface area contributed by atoms with Crippen LogP contribution in [0.5, 0.6) is 0 Å². The predicted octanol–water partition coefficient (Wildman–Crippen LogP) is 2.84. The van der Waals surface area contributed by atoms with Gasteiger partial charge in [0, 0.05) is 37.3 Å². The minimum atomic E-state index is -0.310. The lowest BCUT2D eigenvalue weighted by Crippen LogP contribution is -2.39. The van der Waals surface area contributed by atoms with Gasteiger partial charge in [0.25, 0.3) is 0 Å². The van der Waals surface area contributed by atoms with Gasteiger partial charge in [0.1, 0.15) is 0 Å². The van der Waals surface area contributed by atoms with Gasteiger partial charge in [0.2, 0.25) is 17.7 Å². The molecule has 140 valence electrons. The zero-order valence-electron chi connectivity index (χ0n) is 15.3. The van der Waals surface area contributed by atoms with E-state index in [9.17, 15) is 14.4 Å². The highest BCUT2D eigenvalue weighted by atomic mass is 16.2. The number of hydrogen-bond donors (Lipinski definition) is 2. The van der Waals surface area contributed by atoms with Crippen molar-refractivity contribution < 1.29 is 14.4 Å². The number of carbonyl (C=O) groups is 3. The Labute approximate surface area is 154 Å². The number of benzene rings is 1. The molecule has 26 heavy (non-hydrogen) atoms. The van der Waals surface area contributed by atoms with Crippen molar-refractivity contribution in [2.75, 3.05) is 16.8 Å². The highest BCUT2D eigenvalue weighted by molar-refractivity contribution is 6.01. The summed E-state index contributed by atoms with van der Waals surface area (Å²) >= 11 is 0. The van der Waals surface area contributed by atoms with Crippen LogP contribution >= 0.6 is 0 Å². The molecule has 1 aromatic rings. The third-order valence-electron chi connectivity index (χ3n) is 5.18. The molecule has 1 saturated carbocycles. The monoisotopic (exact) mass is 357 g/mol. The molecule has 1 aliphatic heterocycles. The fourth-order valence-electron chi connectivity index (χ4n) is 3.83. The van der Waals surface area contributed by atoms with Gasteiger partial charge in [-0.25, -0.2) is 0 Å². The van der Waals surface area contributed by atoms with E-state index in [1.165, 1.54) is 19.8 Å². The number of hydrogen-bond acceptors (Lipinski definition) is 3. The molecule has 3 amide bonds. The SMILES string of the molecule is CC(=O)Nc1cccc(N2C[C@H](C(=O)NC3CCCCCC3)CC2=O)c1. The summed E-state index contributed by atoms with van der Waals surface area (Å²) in [6.07, 6.45) is 7.12. The summed E-state index contributed by atoms with van der Waals surface area (Å²) in [4.78, 5) is 37.9. The van der Waals surface area contributed by atoms with E-state index < -0.39 is 0 Å². The number of anilines is 2. The first-order chi connectivity index (χ1) is 12.5. The Balaban J connectivity index is 1.62. The van der Waals surface area contributed by atoms with Crippen LogP contribution in [0, 0.1) is 5.92 Å². The van der Waals surface area contributed by atoms with Gasteiger partial charge in [-0.05, 0) is 31.0 Å². The van der Waals surface area contributed by atoms with Crippen molar-refractivity contribution in [3.05, 3.63) is 24.3 Å². The molecule has 0 aromatic heterocycles. The standard InChI is InChI=1S/C20H27N3O3/c1-14(24)21-17-9-6-10-18(12-17)23-13-15(11-19(23)25)20(26)22-16-7-4-2-3-5-8-16/h6,9-10,12,15-16H,2-5,7-8,11,13H2,1H3,(H,21,24)(H,22,26)/t15-/m1/s1. The Morgan fingerprint density at radius 3 is 2.54 bits per heavy atom. The summed E-state index contributed by atoms with van der Waals surface area (Å²) in [5, 5.41) is 5.88. The lowest BCUT2D eigenvalue weighted by Gasteiger charge is -2.20. The van der Waals surface area contributed by atoms with Crippen LogP contribution in [0.4, 0.5) is 11.4 Å². The Morgan fingerprint density at radius 1 is 1.12 bits per heavy atom. The molecule has 2 fully saturated rings. The third kappa shape index (κ3) is 4.62. The third-order valence-corrected chi connectivity index (χ3v) is 5.18. The molecule has 3 rings (SSSR count). The van der Waals surface area contributed by atoms with Gasteiger partial charge in [-0.1, -0.05) is 31.7 Å². The van der Waals surface area contributed by atoms with E-state index in [0.29, 0.717) is 17.9 Å². The Kier molecular flexibility index (Phi) is 5.91. The van der Waals surface area contributed by atoms with Gasteiger partial charge in [-0.3, -0.25) is 14.4 Å². The smallest absolute Gasteiger partial charge is 0.227 e. The summed E-state index contributed by atoms with van der Waals surface area (Å²) in [5.74, 6) is -0.525. The summed E-state index contributed by atoms with van der Waals surface area (Å²) in [7, 11) is 0. The number of carbonyl (C=O) groups excluding carboxylic acids is 3. The summed E-state index contributed by atoms with van der Waals surface area (Å²) in [6.45, 7) is 1.84. The quantitative estimate of drug-likeness (QED) is 0.814. The molecule has 1 atom stereocenters. The second kappa shape index (κ2) is 8.34. The van der Waals surface area contributed by atoms with Crippen LogP contribution in [0.3, 0.4) is 0 Å². The average Bonchev–Trinajstić information content (AvgIpc) is 2.81. The largest absolute Gasteiger partial charge is 0.353 e. The van der Waals surface area contributed by atoms with Gasteiger partial charge in [0.05, 0.1) is 5.92 Å². The predicted molar refractivity (Wildman–Crippen MR) is 101 cm³/mol. The minimum absolute atomic E-state index is 0.00855. The molecule has 0 unspecified atom stereocenters. The first kappa shape index (κ1) is 18.4. The summed E-state index contributed by atoms with van der Waals surface area (Å²) in [5.41, 5.74) is 1.36. The molecule has 0 radical (unpaired) electrons. The highest BCUT2D eigenvalue weighted by Crippen LogP contribution is 2.28. The average molecular weight is 357 g/mol. The van der Waals surface area contributed by atoms with Crippen LogP contribution in [0.1, 0.15) is 51.9 Å². The molecule has 1 heterocycles. The molecule has 2 N–H and O–H groups in total. The van der Waals surface area contributed by atoms with Gasteiger partial charge >= 0.3 is 0 Å². The van der Waals surface area contributed by atoms with Gasteiger partial charge < -0.3 is 15.5 Å². The van der Waals surface area contributed by atoms with Crippen LogP contribution in [-0.2, 0) is 14.4 Å². The number of rotatable bonds is 4. The second-order valence-electron chi connectivity index (χ2n) is 7.33. The van der Waals surface area contributed by atoms with Crippen molar-refractivity contribution in [2.24, 2.45) is 5.92 Å². The molecule has 1 aromatic carbocycles. The molecule has 6 nitrogen and oxygen atoms in total. The van der Waals surface area contributed by atoms with Gasteiger partial charge in [0.15, 0.2) is 0 Å². The Bertz CT molecular complexity index is 681. The Morgan fingerprint density at radius 2 is 1.85 bits per heavy atom. The number of nitrogens with zero attached hydrogens (tertiary/aromatic N) is 1. The van der Waals surface area contributed by atoms with Crippen LogP contribution in [-0.4, -0.2) is 30.3 Å². The van der Waals surface area contributed by atoms with Crippen molar-refractivity contribution in [2.45, 2.75) is 57.9 Å². The normalized spacial score (nSPS) is 21.3. The van der Waals surface area contributed by atoms with Crippen molar-refractivity contribution >= 4 is 29.1 Å². The molecule has 1 aliphatic carbocycles. The van der Waals surface area contributed by atoms with E-state index >= 15 is 0 Å². The maximum Gasteiger partial charge on any atom is 0.227 e. The van der Waals surface area contributed by atoms with E-state index in [1.54, 1.807) is 23.1 Å². The van der Waals surface area contributed by atoms with E-state index in [-0.39, 0.29) is 36.1 Å². The molecular weight excluding hydrogens is 330 g/mol. The Hall–Kier alpha value is -2.37. The fourth-order valence-corrected chi connectivity index (χ4v) is 3.83. The lowest BCUT2D eigenvalue weighted by molar-refractivity contribution is -0.127. The van der Waals surface area contributed by atoms with E-state index in [0.717, 1.165) is 25.7 Å². The van der Waals surface area contributed by atoms with Crippen LogP contribution in [0.15, 0.2) is 24.3 Å². The van der Waals surface area contributed by atoms with Crippen molar-refractivity contribution in [3.8, 4) is 0 Å². The first-order valence-electron chi connectivity index (χ1n) is 9.51. The van der Waals surface area contributed by atoms with Crippen LogP contribution in [0.2, 0.25) is 0 Å². The minimum Gasteiger partial charge on any atom is -0.353 e. The maximum absolute atomic E-state index is 12.6. The zero-order valence-corrected chi connectivity index (χ0v) is 15.3.